The summed E-state index contributed by atoms with van der Waals surface area (Å²) in [4.78, 5) is 23.5. The largest absolute Gasteiger partial charge is 0.399 e. The molecule has 0 aliphatic heterocycles. The second-order valence-electron chi connectivity index (χ2n) is 6.54. The van der Waals surface area contributed by atoms with Crippen LogP contribution in [0.2, 0.25) is 0 Å². The van der Waals surface area contributed by atoms with E-state index < -0.39 is 5.41 Å². The Bertz CT molecular complexity index is 520. The number of nitrogen functional groups attached to an aromatic ring is 1. The third kappa shape index (κ3) is 4.06. The van der Waals surface area contributed by atoms with E-state index in [0.29, 0.717) is 13.0 Å². The highest BCUT2D eigenvalue weighted by molar-refractivity contribution is 5.88. The van der Waals surface area contributed by atoms with Crippen molar-refractivity contribution in [3.63, 3.8) is 0 Å². The molecule has 0 bridgehead atoms. The quantitative estimate of drug-likeness (QED) is 0.789. The lowest BCUT2D eigenvalue weighted by atomic mass is 9.82. The van der Waals surface area contributed by atoms with E-state index in [0.717, 1.165) is 24.9 Å². The number of ketones is 1. The number of nitrogens with two attached hydrogens (primary N) is 1. The Morgan fingerprint density at radius 2 is 2.00 bits per heavy atom. The van der Waals surface area contributed by atoms with E-state index in [4.69, 9.17) is 5.73 Å². The van der Waals surface area contributed by atoms with E-state index >= 15 is 0 Å². The van der Waals surface area contributed by atoms with Crippen molar-refractivity contribution in [2.24, 2.45) is 11.3 Å². The fourth-order valence-corrected chi connectivity index (χ4v) is 2.39. The standard InChI is InChI=1S/C17H24N2O2/c1-17(2,10-9-12-3-6-14(18)7-4-12)16(21)19-11-13-5-8-15(13)20/h3-4,6-7,13H,5,8-11,18H2,1-2H3,(H,19,21). The summed E-state index contributed by atoms with van der Waals surface area (Å²) < 4.78 is 0. The Kier molecular flexibility index (Phi) is 4.66. The highest BCUT2D eigenvalue weighted by Crippen LogP contribution is 2.25. The lowest BCUT2D eigenvalue weighted by molar-refractivity contribution is -0.132. The van der Waals surface area contributed by atoms with Crippen molar-refractivity contribution in [2.45, 2.75) is 39.5 Å². The molecule has 1 unspecified atom stereocenters. The lowest BCUT2D eigenvalue weighted by Gasteiger charge is -2.28. The zero-order chi connectivity index (χ0) is 15.5. The van der Waals surface area contributed by atoms with Crippen molar-refractivity contribution in [3.8, 4) is 0 Å². The zero-order valence-electron chi connectivity index (χ0n) is 12.8. The summed E-state index contributed by atoms with van der Waals surface area (Å²) in [7, 11) is 0. The number of Topliss-reactive ketones (excluding diaryl/α,β-unsaturated/α-hetero) is 1. The topological polar surface area (TPSA) is 72.2 Å². The van der Waals surface area contributed by atoms with Crippen molar-refractivity contribution < 1.29 is 9.59 Å². The average molecular weight is 288 g/mol. The van der Waals surface area contributed by atoms with E-state index in [9.17, 15) is 9.59 Å². The maximum Gasteiger partial charge on any atom is 0.225 e. The third-order valence-corrected chi connectivity index (χ3v) is 4.34. The van der Waals surface area contributed by atoms with Crippen molar-refractivity contribution >= 4 is 17.4 Å². The van der Waals surface area contributed by atoms with Gasteiger partial charge in [-0.1, -0.05) is 26.0 Å². The summed E-state index contributed by atoms with van der Waals surface area (Å²) >= 11 is 0. The van der Waals surface area contributed by atoms with Crippen LogP contribution in [0.15, 0.2) is 24.3 Å². The maximum atomic E-state index is 12.2. The number of carbonyl (C=O) groups is 2. The Labute approximate surface area is 126 Å². The summed E-state index contributed by atoms with van der Waals surface area (Å²) in [6.45, 7) is 4.38. The minimum Gasteiger partial charge on any atom is -0.399 e. The molecule has 1 aromatic carbocycles. The predicted octanol–water partition coefficient (Wildman–Crippen LogP) is 2.32. The van der Waals surface area contributed by atoms with Crippen LogP contribution in [0.4, 0.5) is 5.69 Å². The Hall–Kier alpha value is -1.84. The number of aryl methyl sites for hydroxylation is 1. The van der Waals surface area contributed by atoms with Gasteiger partial charge in [-0.25, -0.2) is 0 Å². The number of rotatable bonds is 6. The highest BCUT2D eigenvalue weighted by atomic mass is 16.2. The van der Waals surface area contributed by atoms with Crippen LogP contribution in [0.5, 0.6) is 0 Å². The van der Waals surface area contributed by atoms with Crippen LogP contribution in [0, 0.1) is 11.3 Å². The average Bonchev–Trinajstić information content (AvgIpc) is 2.45. The van der Waals surface area contributed by atoms with Gasteiger partial charge in [-0.15, -0.1) is 0 Å². The molecule has 0 saturated heterocycles. The fourth-order valence-electron chi connectivity index (χ4n) is 2.39. The van der Waals surface area contributed by atoms with Gasteiger partial charge >= 0.3 is 0 Å². The fraction of sp³-hybridized carbons (Fsp3) is 0.529. The molecule has 4 nitrogen and oxygen atoms in total. The lowest BCUT2D eigenvalue weighted by Crippen LogP contribution is -2.43. The van der Waals surface area contributed by atoms with Gasteiger partial charge in [0.05, 0.1) is 0 Å². The molecule has 0 heterocycles. The number of carbonyl (C=O) groups excluding carboxylic acids is 2. The van der Waals surface area contributed by atoms with Crippen LogP contribution in [-0.2, 0) is 16.0 Å². The van der Waals surface area contributed by atoms with Gasteiger partial charge in [-0.05, 0) is 37.0 Å². The Balaban J connectivity index is 1.80. The molecule has 3 N–H and O–H groups in total. The van der Waals surface area contributed by atoms with Gasteiger partial charge in [0.2, 0.25) is 5.91 Å². The van der Waals surface area contributed by atoms with Crippen LogP contribution in [0.25, 0.3) is 0 Å². The van der Waals surface area contributed by atoms with Crippen molar-refractivity contribution in [1.82, 2.24) is 5.32 Å². The summed E-state index contributed by atoms with van der Waals surface area (Å²) in [5.74, 6) is 0.342. The molecule has 0 aromatic heterocycles. The maximum absolute atomic E-state index is 12.2. The molecular weight excluding hydrogens is 264 g/mol. The highest BCUT2D eigenvalue weighted by Gasteiger charge is 2.31. The molecule has 1 aromatic rings. The Morgan fingerprint density at radius 3 is 2.52 bits per heavy atom. The van der Waals surface area contributed by atoms with E-state index in [1.807, 2.05) is 38.1 Å². The molecule has 0 spiro atoms. The van der Waals surface area contributed by atoms with Gasteiger partial charge in [-0.2, -0.15) is 0 Å². The molecule has 21 heavy (non-hydrogen) atoms. The number of hydrogen-bond acceptors (Lipinski definition) is 3. The van der Waals surface area contributed by atoms with Gasteiger partial charge in [0.25, 0.3) is 0 Å². The monoisotopic (exact) mass is 288 g/mol. The first-order valence-corrected chi connectivity index (χ1v) is 7.54. The summed E-state index contributed by atoms with van der Waals surface area (Å²) in [6.07, 6.45) is 3.18. The molecule has 1 atom stereocenters. The summed E-state index contributed by atoms with van der Waals surface area (Å²) in [6, 6.07) is 7.75. The van der Waals surface area contributed by atoms with E-state index in [1.165, 1.54) is 5.56 Å². The molecular formula is C17H24N2O2. The Morgan fingerprint density at radius 1 is 1.33 bits per heavy atom. The number of hydrogen-bond donors (Lipinski definition) is 2. The molecule has 4 heteroatoms. The third-order valence-electron chi connectivity index (χ3n) is 4.34. The minimum atomic E-state index is -0.436. The van der Waals surface area contributed by atoms with Gasteiger partial charge in [0, 0.05) is 30.0 Å². The first-order valence-electron chi connectivity index (χ1n) is 7.54. The molecule has 1 fully saturated rings. The van der Waals surface area contributed by atoms with Gasteiger partial charge in [0.15, 0.2) is 0 Å². The number of benzene rings is 1. The first-order chi connectivity index (χ1) is 9.88. The van der Waals surface area contributed by atoms with E-state index in [1.54, 1.807) is 0 Å². The number of nitrogens with one attached hydrogen (secondary N) is 1. The van der Waals surface area contributed by atoms with E-state index in [2.05, 4.69) is 5.32 Å². The smallest absolute Gasteiger partial charge is 0.225 e. The second-order valence-corrected chi connectivity index (χ2v) is 6.54. The van der Waals surface area contributed by atoms with Crippen LogP contribution in [0.3, 0.4) is 0 Å². The van der Waals surface area contributed by atoms with Gasteiger partial charge < -0.3 is 11.1 Å². The van der Waals surface area contributed by atoms with Crippen LogP contribution < -0.4 is 11.1 Å². The molecule has 114 valence electrons. The first kappa shape index (κ1) is 15.5. The van der Waals surface area contributed by atoms with Crippen molar-refractivity contribution in [3.05, 3.63) is 29.8 Å². The van der Waals surface area contributed by atoms with Gasteiger partial charge in [0.1, 0.15) is 5.78 Å². The minimum absolute atomic E-state index is 0.0256. The van der Waals surface area contributed by atoms with E-state index in [-0.39, 0.29) is 17.6 Å². The van der Waals surface area contributed by atoms with Crippen LogP contribution in [0.1, 0.15) is 38.7 Å². The molecule has 0 radical (unpaired) electrons. The van der Waals surface area contributed by atoms with Gasteiger partial charge in [-0.3, -0.25) is 9.59 Å². The van der Waals surface area contributed by atoms with Crippen LogP contribution >= 0.6 is 0 Å². The SMILES string of the molecule is CC(C)(CCc1ccc(N)cc1)C(=O)NCC1CCC1=O. The molecule has 1 aliphatic carbocycles. The summed E-state index contributed by atoms with van der Waals surface area (Å²) in [5.41, 5.74) is 7.16. The van der Waals surface area contributed by atoms with Crippen molar-refractivity contribution in [2.75, 3.05) is 12.3 Å². The zero-order valence-corrected chi connectivity index (χ0v) is 12.8. The molecule has 1 aliphatic rings. The summed E-state index contributed by atoms with van der Waals surface area (Å²) in [5, 5.41) is 2.92. The number of anilines is 1. The second kappa shape index (κ2) is 6.29. The molecule has 1 saturated carbocycles. The molecule has 1 amide bonds. The number of amides is 1. The van der Waals surface area contributed by atoms with Crippen LogP contribution in [-0.4, -0.2) is 18.2 Å². The van der Waals surface area contributed by atoms with Crippen molar-refractivity contribution in [1.29, 1.82) is 0 Å². The molecule has 2 rings (SSSR count). The predicted molar refractivity (Wildman–Crippen MR) is 83.7 cm³/mol. The normalized spacial score (nSPS) is 18.2.